The molecule has 0 fully saturated rings. The van der Waals surface area contributed by atoms with Crippen LogP contribution in [0.1, 0.15) is 22.4 Å². The van der Waals surface area contributed by atoms with Crippen LogP contribution < -0.4 is 16.6 Å². The van der Waals surface area contributed by atoms with Crippen LogP contribution >= 0.6 is 0 Å². The maximum atomic E-state index is 13.6. The first-order chi connectivity index (χ1) is 15.3. The number of halogens is 2. The number of hydrogen-bond donors (Lipinski definition) is 1. The summed E-state index contributed by atoms with van der Waals surface area (Å²) in [5, 5.41) is 2.86. The zero-order valence-electron chi connectivity index (χ0n) is 17.0. The van der Waals surface area contributed by atoms with E-state index in [-0.39, 0.29) is 31.0 Å². The summed E-state index contributed by atoms with van der Waals surface area (Å²) in [7, 11) is 0. The standard InChI is InChI=1S/C22H18F2N4O4/c1-13-19-9-26-18(21(30)32-12-14-4-6-25-7-5-14)11-27(19)22(31)28(20(13)29)10-15-2-3-16(23)17(24)8-15/h2-8,11,26H,9-10,12H2,1H3. The Bertz CT molecular complexity index is 1350. The highest BCUT2D eigenvalue weighted by molar-refractivity contribution is 5.91. The summed E-state index contributed by atoms with van der Waals surface area (Å²) in [5.41, 5.74) is 0.473. The number of fused-ring (bicyclic) bond motifs is 1. The molecule has 0 bridgehead atoms. The van der Waals surface area contributed by atoms with Gasteiger partial charge in [0, 0.05) is 24.2 Å². The highest BCUT2D eigenvalue weighted by Gasteiger charge is 2.23. The molecule has 0 spiro atoms. The molecule has 8 nitrogen and oxygen atoms in total. The maximum Gasteiger partial charge on any atom is 0.356 e. The van der Waals surface area contributed by atoms with Crippen LogP contribution in [0.4, 0.5) is 8.78 Å². The first-order valence-electron chi connectivity index (χ1n) is 9.65. The van der Waals surface area contributed by atoms with Gasteiger partial charge in [0.05, 0.1) is 18.8 Å². The first-order valence-corrected chi connectivity index (χ1v) is 9.65. The number of nitrogens with one attached hydrogen (secondary N) is 1. The van der Waals surface area contributed by atoms with Crippen molar-refractivity contribution in [2.75, 3.05) is 0 Å². The summed E-state index contributed by atoms with van der Waals surface area (Å²) in [4.78, 5) is 42.1. The lowest BCUT2D eigenvalue weighted by Crippen LogP contribution is -2.45. The normalized spacial score (nSPS) is 12.5. The number of pyridine rings is 1. The minimum absolute atomic E-state index is 0.0246. The molecule has 1 aliphatic heterocycles. The molecule has 0 saturated carbocycles. The molecule has 4 rings (SSSR count). The van der Waals surface area contributed by atoms with Crippen LogP contribution in [0.2, 0.25) is 0 Å². The van der Waals surface area contributed by atoms with Crippen LogP contribution in [0.15, 0.2) is 58.0 Å². The second kappa shape index (κ2) is 8.58. The third-order valence-corrected chi connectivity index (χ3v) is 5.09. The number of carbonyl (C=O) groups excluding carboxylic acids is 1. The molecule has 164 valence electrons. The second-order valence-electron chi connectivity index (χ2n) is 7.19. The van der Waals surface area contributed by atoms with E-state index in [2.05, 4.69) is 10.3 Å². The number of nitrogens with zero attached hydrogens (tertiary/aromatic N) is 3. The van der Waals surface area contributed by atoms with Gasteiger partial charge in [-0.05, 0) is 42.3 Å². The Morgan fingerprint density at radius 2 is 1.88 bits per heavy atom. The van der Waals surface area contributed by atoms with Gasteiger partial charge in [0.2, 0.25) is 0 Å². The second-order valence-corrected chi connectivity index (χ2v) is 7.19. The average Bonchev–Trinajstić information content (AvgIpc) is 2.81. The molecule has 1 N–H and O–H groups in total. The van der Waals surface area contributed by atoms with Gasteiger partial charge in [-0.1, -0.05) is 6.07 Å². The molecule has 1 aromatic carbocycles. The van der Waals surface area contributed by atoms with E-state index in [9.17, 15) is 23.2 Å². The van der Waals surface area contributed by atoms with E-state index in [1.54, 1.807) is 31.5 Å². The Labute approximate surface area is 180 Å². The van der Waals surface area contributed by atoms with Crippen molar-refractivity contribution in [2.45, 2.75) is 26.6 Å². The van der Waals surface area contributed by atoms with Gasteiger partial charge in [0.1, 0.15) is 12.3 Å². The minimum atomic E-state index is -1.08. The summed E-state index contributed by atoms with van der Waals surface area (Å²) in [6.45, 7) is 1.39. The maximum absolute atomic E-state index is 13.6. The smallest absolute Gasteiger partial charge is 0.356 e. The molecule has 3 heterocycles. The highest BCUT2D eigenvalue weighted by atomic mass is 19.2. The SMILES string of the molecule is Cc1c2n(c(=O)n(Cc3ccc(F)c(F)c3)c1=O)C=C(C(=O)OCc1ccncc1)NC2. The molecule has 10 heteroatoms. The highest BCUT2D eigenvalue weighted by Crippen LogP contribution is 2.13. The van der Waals surface area contributed by atoms with Crippen molar-refractivity contribution < 1.29 is 18.3 Å². The van der Waals surface area contributed by atoms with Gasteiger partial charge < -0.3 is 10.1 Å². The van der Waals surface area contributed by atoms with Crippen molar-refractivity contribution in [3.63, 3.8) is 0 Å². The molecular weight excluding hydrogens is 422 g/mol. The number of carbonyl (C=O) groups is 1. The number of esters is 1. The van der Waals surface area contributed by atoms with Crippen molar-refractivity contribution in [1.29, 1.82) is 0 Å². The third-order valence-electron chi connectivity index (χ3n) is 5.09. The van der Waals surface area contributed by atoms with Crippen molar-refractivity contribution in [3.05, 3.63) is 103 Å². The van der Waals surface area contributed by atoms with E-state index >= 15 is 0 Å². The van der Waals surface area contributed by atoms with Gasteiger partial charge in [-0.15, -0.1) is 0 Å². The number of aromatic nitrogens is 3. The van der Waals surface area contributed by atoms with Gasteiger partial charge in [0.15, 0.2) is 11.6 Å². The monoisotopic (exact) mass is 440 g/mol. The molecule has 0 atom stereocenters. The van der Waals surface area contributed by atoms with E-state index in [0.29, 0.717) is 11.3 Å². The Kier molecular flexibility index (Phi) is 5.67. The average molecular weight is 440 g/mol. The fraction of sp³-hybridized carbons (Fsp3) is 0.182. The summed E-state index contributed by atoms with van der Waals surface area (Å²) in [6, 6.07) is 6.56. The van der Waals surface area contributed by atoms with Crippen molar-refractivity contribution >= 4 is 12.2 Å². The van der Waals surface area contributed by atoms with Crippen molar-refractivity contribution in [3.8, 4) is 0 Å². The number of hydrogen-bond acceptors (Lipinski definition) is 6. The van der Waals surface area contributed by atoms with E-state index in [1.165, 1.54) is 16.8 Å². The lowest BCUT2D eigenvalue weighted by atomic mass is 10.2. The molecule has 0 aliphatic carbocycles. The molecule has 32 heavy (non-hydrogen) atoms. The Hall–Kier alpha value is -4.08. The fourth-order valence-electron chi connectivity index (χ4n) is 3.33. The van der Waals surface area contributed by atoms with Crippen LogP contribution in [0.5, 0.6) is 0 Å². The van der Waals surface area contributed by atoms with Crippen LogP contribution in [-0.2, 0) is 29.2 Å². The lowest BCUT2D eigenvalue weighted by molar-refractivity contribution is -0.140. The van der Waals surface area contributed by atoms with Crippen LogP contribution in [0, 0.1) is 18.6 Å². The van der Waals surface area contributed by atoms with E-state index < -0.39 is 28.9 Å². The molecular formula is C22H18F2N4O4. The molecule has 2 aromatic heterocycles. The molecule has 0 unspecified atom stereocenters. The largest absolute Gasteiger partial charge is 0.456 e. The van der Waals surface area contributed by atoms with Gasteiger partial charge in [-0.2, -0.15) is 0 Å². The van der Waals surface area contributed by atoms with Crippen LogP contribution in [-0.4, -0.2) is 20.1 Å². The van der Waals surface area contributed by atoms with Gasteiger partial charge >= 0.3 is 11.7 Å². The van der Waals surface area contributed by atoms with Crippen LogP contribution in [0.3, 0.4) is 0 Å². The molecule has 0 amide bonds. The van der Waals surface area contributed by atoms with Crippen LogP contribution in [0.25, 0.3) is 6.20 Å². The predicted octanol–water partition coefficient (Wildman–Crippen LogP) is 1.68. The van der Waals surface area contributed by atoms with Gasteiger partial charge in [-0.3, -0.25) is 18.9 Å². The van der Waals surface area contributed by atoms with E-state index in [0.717, 1.165) is 22.3 Å². The summed E-state index contributed by atoms with van der Waals surface area (Å²) in [6.07, 6.45) is 4.42. The quantitative estimate of drug-likeness (QED) is 0.607. The fourth-order valence-corrected chi connectivity index (χ4v) is 3.33. The zero-order valence-corrected chi connectivity index (χ0v) is 17.0. The summed E-state index contributed by atoms with van der Waals surface area (Å²) in [5.74, 6) is -2.77. The molecule has 1 aliphatic rings. The van der Waals surface area contributed by atoms with E-state index in [4.69, 9.17) is 4.74 Å². The topological polar surface area (TPSA) is 95.2 Å². The Balaban J connectivity index is 1.65. The molecule has 0 radical (unpaired) electrons. The minimum Gasteiger partial charge on any atom is -0.456 e. The Morgan fingerprint density at radius 1 is 1.12 bits per heavy atom. The summed E-state index contributed by atoms with van der Waals surface area (Å²) < 4.78 is 34.1. The molecule has 3 aromatic rings. The zero-order chi connectivity index (χ0) is 22.8. The van der Waals surface area contributed by atoms with Gasteiger partial charge in [-0.25, -0.2) is 18.4 Å². The summed E-state index contributed by atoms with van der Waals surface area (Å²) >= 11 is 0. The van der Waals surface area contributed by atoms with Crippen molar-refractivity contribution in [2.24, 2.45) is 0 Å². The predicted molar refractivity (Wildman–Crippen MR) is 110 cm³/mol. The first kappa shape index (κ1) is 21.2. The number of ether oxygens (including phenoxy) is 1. The number of benzene rings is 1. The third kappa shape index (κ3) is 4.07. The molecule has 0 saturated heterocycles. The van der Waals surface area contributed by atoms with Crippen molar-refractivity contribution in [1.82, 2.24) is 19.4 Å². The lowest BCUT2D eigenvalue weighted by Gasteiger charge is -2.22. The number of rotatable bonds is 5. The van der Waals surface area contributed by atoms with Gasteiger partial charge in [0.25, 0.3) is 5.56 Å². The van der Waals surface area contributed by atoms with E-state index in [1.807, 2.05) is 0 Å². The Morgan fingerprint density at radius 3 is 2.59 bits per heavy atom.